The van der Waals surface area contributed by atoms with E-state index in [1.54, 1.807) is 0 Å². The lowest BCUT2D eigenvalue weighted by atomic mass is 10.1. The van der Waals surface area contributed by atoms with Gasteiger partial charge in [-0.1, -0.05) is 121 Å². The first-order chi connectivity index (χ1) is 28.8. The summed E-state index contributed by atoms with van der Waals surface area (Å²) in [4.78, 5) is 10.9. The molecule has 58 heavy (non-hydrogen) atoms. The van der Waals surface area contributed by atoms with Gasteiger partial charge in [-0.25, -0.2) is 9.97 Å². The summed E-state index contributed by atoms with van der Waals surface area (Å²) in [6.07, 6.45) is 0. The van der Waals surface area contributed by atoms with Crippen molar-refractivity contribution >= 4 is 87.2 Å². The first-order valence-corrected chi connectivity index (χ1v) is 19.7. The van der Waals surface area contributed by atoms with Crippen LogP contribution in [-0.4, -0.2) is 28.2 Å². The Bertz CT molecular complexity index is 3460. The van der Waals surface area contributed by atoms with Crippen molar-refractivity contribution in [3.63, 3.8) is 0 Å². The summed E-state index contributed by atoms with van der Waals surface area (Å²) >= 11 is 0. The van der Waals surface area contributed by atoms with Crippen LogP contribution in [0.2, 0.25) is 0 Å². The van der Waals surface area contributed by atoms with E-state index in [0.29, 0.717) is 0 Å². The number of rotatable bonds is 4. The summed E-state index contributed by atoms with van der Waals surface area (Å²) in [5.41, 5.74) is 9.00. The highest BCUT2D eigenvalue weighted by atomic mass is 15.2. The fourth-order valence-electron chi connectivity index (χ4n) is 9.67. The Balaban J connectivity index is 1.06. The fraction of sp³-hybridized carbons (Fsp3) is 0. The molecule has 7 aromatic carbocycles. The smallest absolute Gasteiger partial charge is 0.140 e. The van der Waals surface area contributed by atoms with E-state index < -0.39 is 0 Å². The van der Waals surface area contributed by atoms with E-state index >= 15 is 0 Å². The number of para-hydroxylation sites is 6. The Morgan fingerprint density at radius 3 is 0.759 bits per heavy atom. The third-order valence-corrected chi connectivity index (χ3v) is 12.0. The highest BCUT2D eigenvalue weighted by Gasteiger charge is 2.22. The summed E-state index contributed by atoms with van der Waals surface area (Å²) in [5.74, 6) is 3.50. The molecule has 0 radical (unpaired) electrons. The van der Waals surface area contributed by atoms with Crippen molar-refractivity contribution in [1.29, 1.82) is 0 Å². The van der Waals surface area contributed by atoms with Crippen LogP contribution in [0.5, 0.6) is 0 Å². The van der Waals surface area contributed by atoms with Gasteiger partial charge >= 0.3 is 0 Å². The minimum atomic E-state index is 0.870. The van der Waals surface area contributed by atoms with Gasteiger partial charge < -0.3 is 0 Å². The quantitative estimate of drug-likeness (QED) is 0.180. The number of nitrogens with zero attached hydrogens (tertiary/aromatic N) is 6. The van der Waals surface area contributed by atoms with Gasteiger partial charge in [0.25, 0.3) is 0 Å². The summed E-state index contributed by atoms with van der Waals surface area (Å²) < 4.78 is 9.23. The Labute approximate surface area is 331 Å². The molecule has 6 heterocycles. The first kappa shape index (κ1) is 31.3. The first-order valence-electron chi connectivity index (χ1n) is 19.7. The predicted octanol–water partition coefficient (Wildman–Crippen LogP) is 12.9. The van der Waals surface area contributed by atoms with E-state index in [1.807, 2.05) is 0 Å². The normalized spacial score (nSPS) is 12.1. The van der Waals surface area contributed by atoms with E-state index in [2.05, 4.69) is 212 Å². The maximum absolute atomic E-state index is 5.44. The van der Waals surface area contributed by atoms with E-state index in [-0.39, 0.29) is 0 Å². The molecule has 0 saturated heterocycles. The second-order valence-corrected chi connectivity index (χ2v) is 15.0. The van der Waals surface area contributed by atoms with Crippen molar-refractivity contribution in [3.05, 3.63) is 194 Å². The van der Waals surface area contributed by atoms with Gasteiger partial charge in [0.1, 0.15) is 23.3 Å². The molecule has 0 atom stereocenters. The standard InChI is InChI=1S/C52H32N6/c1-7-21-39-33(15-1)34-16-2-8-22-40(34)55(39)47-27-13-29-49(53-47)57-43-25-11-5-19-37(43)51-45(57)31-32-46-52(51)38-20-6-12-26-44(38)58(46)50-30-14-28-48(54-50)56-41-23-9-3-17-35(41)36-18-4-10-24-42(36)56/h1-32H. The topological polar surface area (TPSA) is 45.5 Å². The van der Waals surface area contributed by atoms with Crippen LogP contribution in [0, 0.1) is 0 Å². The molecule has 0 spiro atoms. The van der Waals surface area contributed by atoms with Crippen LogP contribution in [0.25, 0.3) is 110 Å². The summed E-state index contributed by atoms with van der Waals surface area (Å²) in [7, 11) is 0. The molecule has 0 amide bonds. The van der Waals surface area contributed by atoms with Crippen molar-refractivity contribution in [2.24, 2.45) is 0 Å². The molecule has 0 aliphatic carbocycles. The summed E-state index contributed by atoms with van der Waals surface area (Å²) in [5, 5.41) is 9.64. The average molecular weight is 741 g/mol. The third-order valence-electron chi connectivity index (χ3n) is 12.0. The number of hydrogen-bond acceptors (Lipinski definition) is 2. The van der Waals surface area contributed by atoms with Gasteiger partial charge in [0, 0.05) is 43.1 Å². The molecule has 6 aromatic heterocycles. The number of benzene rings is 7. The van der Waals surface area contributed by atoms with Gasteiger partial charge in [0.15, 0.2) is 0 Å². The Hall–Kier alpha value is -7.96. The summed E-state index contributed by atoms with van der Waals surface area (Å²) in [6.45, 7) is 0. The second kappa shape index (κ2) is 11.8. The Morgan fingerprint density at radius 1 is 0.207 bits per heavy atom. The molecule has 0 N–H and O–H groups in total. The Morgan fingerprint density at radius 2 is 0.448 bits per heavy atom. The molecule has 6 nitrogen and oxygen atoms in total. The van der Waals surface area contributed by atoms with Crippen LogP contribution in [-0.2, 0) is 0 Å². The molecule has 270 valence electrons. The van der Waals surface area contributed by atoms with E-state index in [9.17, 15) is 0 Å². The van der Waals surface area contributed by atoms with Crippen LogP contribution in [0.1, 0.15) is 0 Å². The zero-order valence-electron chi connectivity index (χ0n) is 31.2. The van der Waals surface area contributed by atoms with Gasteiger partial charge in [-0.05, 0) is 72.8 Å². The molecule has 0 bridgehead atoms. The van der Waals surface area contributed by atoms with E-state index in [0.717, 1.165) is 67.4 Å². The fourth-order valence-corrected chi connectivity index (χ4v) is 9.67. The maximum Gasteiger partial charge on any atom is 0.140 e. The molecule has 0 unspecified atom stereocenters. The lowest BCUT2D eigenvalue weighted by Gasteiger charge is -2.12. The van der Waals surface area contributed by atoms with Gasteiger partial charge in [-0.3, -0.25) is 18.3 Å². The van der Waals surface area contributed by atoms with Crippen molar-refractivity contribution in [3.8, 4) is 23.3 Å². The van der Waals surface area contributed by atoms with E-state index in [4.69, 9.17) is 9.97 Å². The third kappa shape index (κ3) is 4.20. The molecule has 13 aromatic rings. The molecule has 13 rings (SSSR count). The highest BCUT2D eigenvalue weighted by Crippen LogP contribution is 2.42. The maximum atomic E-state index is 5.44. The molecular formula is C52H32N6. The lowest BCUT2D eigenvalue weighted by Crippen LogP contribution is -2.03. The zero-order chi connectivity index (χ0) is 37.9. The predicted molar refractivity (Wildman–Crippen MR) is 239 cm³/mol. The number of pyridine rings is 2. The van der Waals surface area contributed by atoms with Crippen LogP contribution in [0.4, 0.5) is 0 Å². The average Bonchev–Trinajstić information content (AvgIpc) is 4.01. The number of aromatic nitrogens is 6. The molecular weight excluding hydrogens is 709 g/mol. The monoisotopic (exact) mass is 740 g/mol. The van der Waals surface area contributed by atoms with Crippen molar-refractivity contribution in [2.75, 3.05) is 0 Å². The van der Waals surface area contributed by atoms with Crippen LogP contribution in [0.3, 0.4) is 0 Å². The molecule has 0 aliphatic rings. The second-order valence-electron chi connectivity index (χ2n) is 15.0. The van der Waals surface area contributed by atoms with Gasteiger partial charge in [-0.15, -0.1) is 0 Å². The highest BCUT2D eigenvalue weighted by molar-refractivity contribution is 6.29. The minimum absolute atomic E-state index is 0.870. The van der Waals surface area contributed by atoms with Gasteiger partial charge in [0.05, 0.1) is 44.1 Å². The van der Waals surface area contributed by atoms with Crippen molar-refractivity contribution in [1.82, 2.24) is 28.2 Å². The van der Waals surface area contributed by atoms with Crippen LogP contribution in [0.15, 0.2) is 194 Å². The van der Waals surface area contributed by atoms with Crippen molar-refractivity contribution < 1.29 is 0 Å². The SMILES string of the molecule is c1cc(-n2c3ccccc3c3ccccc32)nc(-n2c3ccccc3c3c4c5ccccc5n(-c5cccc(-n6c7ccccc7c7ccccc76)n5)c4ccc32)c1. The Kier molecular flexibility index (Phi) is 6.35. The molecule has 0 fully saturated rings. The molecule has 0 aliphatic heterocycles. The molecule has 6 heteroatoms. The van der Waals surface area contributed by atoms with Crippen LogP contribution >= 0.6 is 0 Å². The van der Waals surface area contributed by atoms with Gasteiger partial charge in [0.2, 0.25) is 0 Å². The van der Waals surface area contributed by atoms with E-state index in [1.165, 1.54) is 43.1 Å². The summed E-state index contributed by atoms with van der Waals surface area (Å²) in [6, 6.07) is 69.1. The van der Waals surface area contributed by atoms with Crippen molar-refractivity contribution in [2.45, 2.75) is 0 Å². The number of hydrogen-bond donors (Lipinski definition) is 0. The molecule has 0 saturated carbocycles. The van der Waals surface area contributed by atoms with Crippen LogP contribution < -0.4 is 0 Å². The number of fused-ring (bicyclic) bond motifs is 13. The minimum Gasteiger partial charge on any atom is -0.294 e. The lowest BCUT2D eigenvalue weighted by molar-refractivity contribution is 1.01. The largest absolute Gasteiger partial charge is 0.294 e. The zero-order valence-corrected chi connectivity index (χ0v) is 31.2. The van der Waals surface area contributed by atoms with Gasteiger partial charge in [-0.2, -0.15) is 0 Å².